The van der Waals surface area contributed by atoms with Gasteiger partial charge in [0.1, 0.15) is 5.15 Å². The molecule has 0 aliphatic carbocycles. The van der Waals surface area contributed by atoms with Gasteiger partial charge in [-0.2, -0.15) is 0 Å². The first-order valence-electron chi connectivity index (χ1n) is 9.35. The Morgan fingerprint density at radius 2 is 2.07 bits per heavy atom. The van der Waals surface area contributed by atoms with Gasteiger partial charge in [0.15, 0.2) is 5.96 Å². The van der Waals surface area contributed by atoms with Crippen molar-refractivity contribution < 1.29 is 0 Å². The van der Waals surface area contributed by atoms with Gasteiger partial charge >= 0.3 is 0 Å². The maximum Gasteiger partial charge on any atom is 0.191 e. The highest BCUT2D eigenvalue weighted by atomic mass is 35.5. The Hall–Kier alpha value is -2.53. The second-order valence-electron chi connectivity index (χ2n) is 6.49. The molecule has 1 aromatic carbocycles. The van der Waals surface area contributed by atoms with E-state index >= 15 is 0 Å². The summed E-state index contributed by atoms with van der Waals surface area (Å²) in [6, 6.07) is 10.2. The molecule has 0 aliphatic heterocycles. The van der Waals surface area contributed by atoms with Crippen LogP contribution in [0.2, 0.25) is 5.15 Å². The van der Waals surface area contributed by atoms with E-state index in [4.69, 9.17) is 16.6 Å². The lowest BCUT2D eigenvalue weighted by Gasteiger charge is -2.11. The van der Waals surface area contributed by atoms with Gasteiger partial charge < -0.3 is 15.6 Å². The largest absolute Gasteiger partial charge is 0.361 e. The number of aromatic amines is 1. The van der Waals surface area contributed by atoms with Crippen LogP contribution in [-0.2, 0) is 12.8 Å². The van der Waals surface area contributed by atoms with Gasteiger partial charge in [0.05, 0.1) is 0 Å². The Kier molecular flexibility index (Phi) is 6.71. The number of nitrogens with one attached hydrogen (secondary N) is 3. The first kappa shape index (κ1) is 19.2. The monoisotopic (exact) mass is 383 g/mol. The number of aliphatic imine (C=N–C) groups is 1. The average Bonchev–Trinajstić information content (AvgIpc) is 3.08. The van der Waals surface area contributed by atoms with Crippen LogP contribution in [0.3, 0.4) is 0 Å². The number of rotatable bonds is 7. The normalized spacial score (nSPS) is 11.7. The molecule has 5 nitrogen and oxygen atoms in total. The molecule has 142 valence electrons. The van der Waals surface area contributed by atoms with Gasteiger partial charge in [-0.1, -0.05) is 29.8 Å². The lowest BCUT2D eigenvalue weighted by atomic mass is 10.1. The summed E-state index contributed by atoms with van der Waals surface area (Å²) in [4.78, 5) is 12.2. The van der Waals surface area contributed by atoms with Gasteiger partial charge in [0.2, 0.25) is 0 Å². The highest BCUT2D eigenvalue weighted by Crippen LogP contribution is 2.22. The number of aromatic nitrogens is 2. The molecule has 27 heavy (non-hydrogen) atoms. The van der Waals surface area contributed by atoms with Crippen molar-refractivity contribution in [3.8, 4) is 0 Å². The third kappa shape index (κ3) is 5.23. The second-order valence-corrected chi connectivity index (χ2v) is 6.88. The van der Waals surface area contributed by atoms with Crippen LogP contribution < -0.4 is 10.6 Å². The zero-order chi connectivity index (χ0) is 19.1. The van der Waals surface area contributed by atoms with Crippen molar-refractivity contribution in [1.82, 2.24) is 20.6 Å². The zero-order valence-corrected chi connectivity index (χ0v) is 16.6. The topological polar surface area (TPSA) is 65.1 Å². The second kappa shape index (κ2) is 9.42. The van der Waals surface area contributed by atoms with Crippen LogP contribution in [0.25, 0.3) is 10.9 Å². The van der Waals surface area contributed by atoms with E-state index < -0.39 is 0 Å². The lowest BCUT2D eigenvalue weighted by molar-refractivity contribution is 0.795. The fourth-order valence-corrected chi connectivity index (χ4v) is 3.27. The molecule has 0 atom stereocenters. The van der Waals surface area contributed by atoms with Crippen molar-refractivity contribution in [1.29, 1.82) is 0 Å². The van der Waals surface area contributed by atoms with E-state index in [2.05, 4.69) is 58.8 Å². The molecule has 3 N–H and O–H groups in total. The van der Waals surface area contributed by atoms with Gasteiger partial charge in [0.25, 0.3) is 0 Å². The van der Waals surface area contributed by atoms with E-state index in [9.17, 15) is 0 Å². The number of hydrogen-bond acceptors (Lipinski definition) is 2. The Morgan fingerprint density at radius 1 is 1.19 bits per heavy atom. The maximum absolute atomic E-state index is 5.82. The number of H-pyrrole nitrogens is 1. The van der Waals surface area contributed by atoms with Gasteiger partial charge in [-0.15, -0.1) is 0 Å². The summed E-state index contributed by atoms with van der Waals surface area (Å²) in [7, 11) is 0. The lowest BCUT2D eigenvalue weighted by Crippen LogP contribution is -2.38. The molecule has 3 rings (SSSR count). The molecule has 3 aromatic rings. The molecule has 2 heterocycles. The number of hydrogen-bond donors (Lipinski definition) is 3. The smallest absolute Gasteiger partial charge is 0.191 e. The molecule has 0 amide bonds. The van der Waals surface area contributed by atoms with Crippen LogP contribution >= 0.6 is 11.6 Å². The predicted octanol–water partition coefficient (Wildman–Crippen LogP) is 3.87. The molecule has 0 spiro atoms. The predicted molar refractivity (Wildman–Crippen MR) is 114 cm³/mol. The van der Waals surface area contributed by atoms with Crippen LogP contribution in [0, 0.1) is 6.92 Å². The minimum atomic E-state index is 0.522. The summed E-state index contributed by atoms with van der Waals surface area (Å²) in [5.74, 6) is 0.844. The highest BCUT2D eigenvalue weighted by Gasteiger charge is 2.06. The molecule has 0 saturated carbocycles. The van der Waals surface area contributed by atoms with Gasteiger partial charge in [-0.25, -0.2) is 4.98 Å². The third-order valence-corrected chi connectivity index (χ3v) is 4.71. The fraction of sp³-hybridized carbons (Fsp3) is 0.333. The van der Waals surface area contributed by atoms with Crippen molar-refractivity contribution >= 4 is 28.5 Å². The highest BCUT2D eigenvalue weighted by molar-refractivity contribution is 6.29. The van der Waals surface area contributed by atoms with Crippen molar-refractivity contribution in [3.05, 3.63) is 64.6 Å². The van der Waals surface area contributed by atoms with E-state index in [0.717, 1.165) is 44.0 Å². The molecular formula is C21H26ClN5. The van der Waals surface area contributed by atoms with Crippen LogP contribution in [0.15, 0.2) is 47.7 Å². The summed E-state index contributed by atoms with van der Waals surface area (Å²) < 4.78 is 0. The fourth-order valence-electron chi connectivity index (χ4n) is 3.16. The summed E-state index contributed by atoms with van der Waals surface area (Å²) in [5.41, 5.74) is 4.96. The molecule has 0 unspecified atom stereocenters. The number of benzene rings is 1. The summed E-state index contributed by atoms with van der Waals surface area (Å²) >= 11 is 5.82. The van der Waals surface area contributed by atoms with Gasteiger partial charge in [-0.3, -0.25) is 4.99 Å². The first-order chi connectivity index (χ1) is 13.2. The van der Waals surface area contributed by atoms with Crippen molar-refractivity contribution in [2.24, 2.45) is 4.99 Å². The van der Waals surface area contributed by atoms with E-state index in [1.165, 1.54) is 22.0 Å². The number of nitrogens with zero attached hydrogens (tertiary/aromatic N) is 2. The number of guanidine groups is 1. The van der Waals surface area contributed by atoms with Gasteiger partial charge in [0, 0.05) is 42.9 Å². The maximum atomic E-state index is 5.82. The minimum Gasteiger partial charge on any atom is -0.361 e. The molecule has 0 fully saturated rings. The van der Waals surface area contributed by atoms with Gasteiger partial charge in [-0.05, 0) is 55.5 Å². The molecule has 2 aromatic heterocycles. The van der Waals surface area contributed by atoms with Crippen molar-refractivity contribution in [2.45, 2.75) is 26.7 Å². The van der Waals surface area contributed by atoms with Crippen molar-refractivity contribution in [3.63, 3.8) is 0 Å². The Labute approximate surface area is 165 Å². The van der Waals surface area contributed by atoms with Crippen LogP contribution in [-0.4, -0.2) is 35.6 Å². The third-order valence-electron chi connectivity index (χ3n) is 4.49. The van der Waals surface area contributed by atoms with E-state index in [1.54, 1.807) is 0 Å². The molecule has 6 heteroatoms. The van der Waals surface area contributed by atoms with E-state index in [1.807, 2.05) is 18.3 Å². The quantitative estimate of drug-likeness (QED) is 0.329. The summed E-state index contributed by atoms with van der Waals surface area (Å²) in [6.07, 6.45) is 5.69. The Balaban J connectivity index is 1.55. The number of halogens is 1. The van der Waals surface area contributed by atoms with Crippen LogP contribution in [0.4, 0.5) is 0 Å². The average molecular weight is 384 g/mol. The number of aryl methyl sites for hydroxylation is 1. The Bertz CT molecular complexity index is 899. The standard InChI is InChI=1S/C21H26ClN5/c1-3-23-21(24-11-9-16-7-8-19(22)27-13-16)25-12-10-17-14-26-18-6-4-5-15(2)20(17)18/h4-8,13-14,26H,3,9-12H2,1-2H3,(H2,23,24,25). The molecular weight excluding hydrogens is 358 g/mol. The minimum absolute atomic E-state index is 0.522. The van der Waals surface area contributed by atoms with Crippen LogP contribution in [0.5, 0.6) is 0 Å². The van der Waals surface area contributed by atoms with Crippen LogP contribution in [0.1, 0.15) is 23.6 Å². The first-order valence-corrected chi connectivity index (χ1v) is 9.73. The van der Waals surface area contributed by atoms with E-state index in [0.29, 0.717) is 5.15 Å². The van der Waals surface area contributed by atoms with Crippen molar-refractivity contribution in [2.75, 3.05) is 19.6 Å². The molecule has 0 aliphatic rings. The Morgan fingerprint density at radius 3 is 2.85 bits per heavy atom. The van der Waals surface area contributed by atoms with E-state index in [-0.39, 0.29) is 0 Å². The zero-order valence-electron chi connectivity index (χ0n) is 15.8. The number of fused-ring (bicyclic) bond motifs is 1. The summed E-state index contributed by atoms with van der Waals surface area (Å²) in [6.45, 7) is 6.59. The number of pyridine rings is 1. The molecule has 0 bridgehead atoms. The SMILES string of the molecule is CCNC(=NCCc1c[nH]c2cccc(C)c12)NCCc1ccc(Cl)nc1. The molecule has 0 radical (unpaired) electrons. The summed E-state index contributed by atoms with van der Waals surface area (Å²) in [5, 5.41) is 8.53. The molecule has 0 saturated heterocycles.